The number of alkyl halides is 1. The third-order valence-electron chi connectivity index (χ3n) is 4.67. The number of unbranched alkanes of at least 4 members (excludes halogenated alkanes) is 9. The Balaban J connectivity index is 1.81. The van der Waals surface area contributed by atoms with E-state index in [0.717, 1.165) is 19.4 Å². The highest BCUT2D eigenvalue weighted by Crippen LogP contribution is 2.19. The first-order valence-electron chi connectivity index (χ1n) is 9.35. The predicted molar refractivity (Wildman–Crippen MR) is 95.1 cm³/mol. The Bertz CT molecular complexity index is 235. The maximum absolute atomic E-state index is 6.44. The van der Waals surface area contributed by atoms with Gasteiger partial charge in [-0.15, -0.1) is 11.6 Å². The van der Waals surface area contributed by atoms with Gasteiger partial charge in [-0.3, -0.25) is 0 Å². The van der Waals surface area contributed by atoms with Crippen molar-refractivity contribution in [1.29, 1.82) is 0 Å². The summed E-state index contributed by atoms with van der Waals surface area (Å²) in [5, 5.41) is 3.80. The van der Waals surface area contributed by atoms with Crippen LogP contribution in [-0.2, 0) is 0 Å². The van der Waals surface area contributed by atoms with Gasteiger partial charge in [-0.1, -0.05) is 71.1 Å². The van der Waals surface area contributed by atoms with Gasteiger partial charge in [0, 0.05) is 24.0 Å². The summed E-state index contributed by atoms with van der Waals surface area (Å²) in [5.41, 5.74) is 5.90. The lowest BCUT2D eigenvalue weighted by atomic mass is 10.0. The minimum Gasteiger partial charge on any atom is -0.326 e. The molecule has 1 rings (SSSR count). The van der Waals surface area contributed by atoms with Crippen molar-refractivity contribution in [2.45, 2.75) is 108 Å². The zero-order chi connectivity index (χ0) is 15.3. The molecule has 0 radical (unpaired) electrons. The summed E-state index contributed by atoms with van der Waals surface area (Å²) in [5.74, 6) is 0. The first-order chi connectivity index (χ1) is 10.2. The molecule has 1 fully saturated rings. The first kappa shape index (κ1) is 19.3. The molecule has 3 N–H and O–H groups in total. The molecule has 1 heterocycles. The molecule has 0 amide bonds. The highest BCUT2D eigenvalue weighted by molar-refractivity contribution is 6.20. The Morgan fingerprint density at radius 2 is 1.57 bits per heavy atom. The molecule has 126 valence electrons. The Morgan fingerprint density at radius 3 is 2.10 bits per heavy atom. The van der Waals surface area contributed by atoms with E-state index in [4.69, 9.17) is 17.3 Å². The molecule has 21 heavy (non-hydrogen) atoms. The van der Waals surface area contributed by atoms with Gasteiger partial charge in [0.15, 0.2) is 0 Å². The standard InChI is InChI=1S/C18H37ClN2/c1-2-3-4-5-6-7-8-9-10-11-12-16(19)13-18-14-17(20)15-21-18/h16-18,21H,2-15,20H2,1H3. The molecule has 0 aromatic rings. The van der Waals surface area contributed by atoms with Crippen LogP contribution in [0.25, 0.3) is 0 Å². The average Bonchev–Trinajstić information content (AvgIpc) is 2.86. The number of nitrogens with one attached hydrogen (secondary N) is 1. The summed E-state index contributed by atoms with van der Waals surface area (Å²) in [6.07, 6.45) is 17.3. The fourth-order valence-electron chi connectivity index (χ4n) is 3.31. The highest BCUT2D eigenvalue weighted by Gasteiger charge is 2.22. The quantitative estimate of drug-likeness (QED) is 0.371. The largest absolute Gasteiger partial charge is 0.326 e. The topological polar surface area (TPSA) is 38.0 Å². The fraction of sp³-hybridized carbons (Fsp3) is 1.00. The maximum Gasteiger partial charge on any atom is 0.0350 e. The lowest BCUT2D eigenvalue weighted by Crippen LogP contribution is -2.25. The minimum absolute atomic E-state index is 0.335. The van der Waals surface area contributed by atoms with Gasteiger partial charge in [0.1, 0.15) is 0 Å². The lowest BCUT2D eigenvalue weighted by molar-refractivity contribution is 0.500. The Morgan fingerprint density at radius 1 is 1.00 bits per heavy atom. The van der Waals surface area contributed by atoms with Crippen LogP contribution in [0.1, 0.15) is 90.4 Å². The molecule has 0 aliphatic carbocycles. The van der Waals surface area contributed by atoms with Crippen LogP contribution in [0.15, 0.2) is 0 Å². The summed E-state index contributed by atoms with van der Waals surface area (Å²) in [4.78, 5) is 0. The summed E-state index contributed by atoms with van der Waals surface area (Å²) < 4.78 is 0. The second-order valence-corrected chi connectivity index (χ2v) is 7.52. The summed E-state index contributed by atoms with van der Waals surface area (Å²) >= 11 is 6.44. The van der Waals surface area contributed by atoms with Crippen molar-refractivity contribution in [3.63, 3.8) is 0 Å². The number of halogens is 1. The number of rotatable bonds is 13. The van der Waals surface area contributed by atoms with E-state index >= 15 is 0 Å². The van der Waals surface area contributed by atoms with E-state index in [1.807, 2.05) is 0 Å². The SMILES string of the molecule is CCCCCCCCCCCCC(Cl)CC1CC(N)CN1. The van der Waals surface area contributed by atoms with Gasteiger partial charge in [-0.2, -0.15) is 0 Å². The van der Waals surface area contributed by atoms with E-state index < -0.39 is 0 Å². The van der Waals surface area contributed by atoms with Gasteiger partial charge in [-0.05, 0) is 19.3 Å². The molecular weight excluding hydrogens is 280 g/mol. The molecule has 1 aliphatic heterocycles. The number of nitrogens with two attached hydrogens (primary N) is 1. The zero-order valence-electron chi connectivity index (χ0n) is 14.1. The third-order valence-corrected chi connectivity index (χ3v) is 5.06. The molecule has 0 aromatic carbocycles. The maximum atomic E-state index is 6.44. The van der Waals surface area contributed by atoms with Gasteiger partial charge in [0.05, 0.1) is 0 Å². The molecule has 0 saturated carbocycles. The van der Waals surface area contributed by atoms with Crippen LogP contribution in [0.2, 0.25) is 0 Å². The minimum atomic E-state index is 0.335. The van der Waals surface area contributed by atoms with Crippen molar-refractivity contribution >= 4 is 11.6 Å². The van der Waals surface area contributed by atoms with E-state index in [0.29, 0.717) is 17.5 Å². The molecule has 2 nitrogen and oxygen atoms in total. The molecule has 1 aliphatic rings. The fourth-order valence-corrected chi connectivity index (χ4v) is 3.68. The Hall–Kier alpha value is 0.210. The molecular formula is C18H37ClN2. The van der Waals surface area contributed by atoms with Crippen molar-refractivity contribution in [3.05, 3.63) is 0 Å². The van der Waals surface area contributed by atoms with Crippen molar-refractivity contribution in [2.24, 2.45) is 5.73 Å². The Labute approximate surface area is 137 Å². The summed E-state index contributed by atoms with van der Waals surface area (Å²) in [7, 11) is 0. The molecule has 0 spiro atoms. The smallest absolute Gasteiger partial charge is 0.0350 e. The van der Waals surface area contributed by atoms with E-state index in [9.17, 15) is 0 Å². The van der Waals surface area contributed by atoms with Gasteiger partial charge < -0.3 is 11.1 Å². The molecule has 3 heteroatoms. The average molecular weight is 317 g/mol. The van der Waals surface area contributed by atoms with E-state index in [2.05, 4.69) is 12.2 Å². The van der Waals surface area contributed by atoms with Gasteiger partial charge in [0.2, 0.25) is 0 Å². The van der Waals surface area contributed by atoms with Crippen LogP contribution < -0.4 is 11.1 Å². The monoisotopic (exact) mass is 316 g/mol. The predicted octanol–water partition coefficient (Wildman–Crippen LogP) is 4.98. The second-order valence-electron chi connectivity index (χ2n) is 6.90. The zero-order valence-corrected chi connectivity index (χ0v) is 14.8. The number of hydrogen-bond acceptors (Lipinski definition) is 2. The van der Waals surface area contributed by atoms with Crippen LogP contribution in [0.3, 0.4) is 0 Å². The molecule has 0 bridgehead atoms. The van der Waals surface area contributed by atoms with Gasteiger partial charge in [-0.25, -0.2) is 0 Å². The number of hydrogen-bond donors (Lipinski definition) is 2. The normalized spacial score (nSPS) is 23.6. The van der Waals surface area contributed by atoms with Crippen molar-refractivity contribution in [3.8, 4) is 0 Å². The highest BCUT2D eigenvalue weighted by atomic mass is 35.5. The third kappa shape index (κ3) is 10.5. The Kier molecular flexibility index (Phi) is 11.7. The van der Waals surface area contributed by atoms with E-state index in [1.165, 1.54) is 70.6 Å². The first-order valence-corrected chi connectivity index (χ1v) is 9.79. The van der Waals surface area contributed by atoms with Gasteiger partial charge in [0.25, 0.3) is 0 Å². The second kappa shape index (κ2) is 12.7. The van der Waals surface area contributed by atoms with Crippen LogP contribution in [0, 0.1) is 0 Å². The van der Waals surface area contributed by atoms with Crippen LogP contribution >= 0.6 is 11.6 Å². The van der Waals surface area contributed by atoms with Crippen LogP contribution in [0.4, 0.5) is 0 Å². The molecule has 3 unspecified atom stereocenters. The van der Waals surface area contributed by atoms with E-state index in [-0.39, 0.29) is 0 Å². The summed E-state index contributed by atoms with van der Waals surface area (Å²) in [6.45, 7) is 3.24. The molecule has 3 atom stereocenters. The molecule has 1 saturated heterocycles. The van der Waals surface area contributed by atoms with Crippen molar-refractivity contribution in [1.82, 2.24) is 5.32 Å². The van der Waals surface area contributed by atoms with Crippen molar-refractivity contribution in [2.75, 3.05) is 6.54 Å². The van der Waals surface area contributed by atoms with Crippen molar-refractivity contribution < 1.29 is 0 Å². The van der Waals surface area contributed by atoms with Crippen LogP contribution in [0.5, 0.6) is 0 Å². The van der Waals surface area contributed by atoms with Crippen LogP contribution in [-0.4, -0.2) is 24.0 Å². The summed E-state index contributed by atoms with van der Waals surface area (Å²) in [6, 6.07) is 0.904. The molecule has 0 aromatic heterocycles. The van der Waals surface area contributed by atoms with Gasteiger partial charge >= 0.3 is 0 Å². The van der Waals surface area contributed by atoms with E-state index in [1.54, 1.807) is 0 Å². The lowest BCUT2D eigenvalue weighted by Gasteiger charge is -2.15.